The molecule has 0 aliphatic heterocycles. The Hall–Kier alpha value is 1.13. The first-order valence-corrected chi connectivity index (χ1v) is 2.30. The summed E-state index contributed by atoms with van der Waals surface area (Å²) in [4.78, 5) is 0. The molecule has 0 aromatic rings. The van der Waals surface area contributed by atoms with Gasteiger partial charge in [-0.2, -0.15) is 0 Å². The van der Waals surface area contributed by atoms with Crippen LogP contribution in [0.3, 0.4) is 0 Å². The second-order valence-corrected chi connectivity index (χ2v) is 1.84. The van der Waals surface area contributed by atoms with E-state index in [1.165, 1.54) is 0 Å². The van der Waals surface area contributed by atoms with Crippen molar-refractivity contribution in [2.45, 2.75) is 5.54 Å². The monoisotopic (exact) mass is 179 g/mol. The van der Waals surface area contributed by atoms with E-state index in [-0.39, 0.29) is 42.0 Å². The van der Waals surface area contributed by atoms with Gasteiger partial charge in [0.15, 0.2) is 0 Å². The Morgan fingerprint density at radius 2 is 1.20 bits per heavy atom. The number of halogens is 1. The molecule has 4 nitrogen and oxygen atoms in total. The molecule has 0 saturated heterocycles. The van der Waals surface area contributed by atoms with Crippen molar-refractivity contribution in [1.82, 2.24) is 0 Å². The average Bonchev–Trinajstić information content (AvgIpc) is 1.87. The Morgan fingerprint density at radius 3 is 1.20 bits per heavy atom. The molecule has 0 rings (SSSR count). The van der Waals surface area contributed by atoms with Crippen LogP contribution in [0.15, 0.2) is 0 Å². The van der Waals surface area contributed by atoms with E-state index < -0.39 is 25.4 Å². The molecule has 0 unspecified atom stereocenters. The summed E-state index contributed by atoms with van der Waals surface area (Å²) >= 11 is 0. The zero-order valence-electron chi connectivity index (χ0n) is 5.92. The molecule has 0 aromatic heterocycles. The number of hydrogen-bond acceptors (Lipinski definition) is 4. The van der Waals surface area contributed by atoms with E-state index in [2.05, 4.69) is 0 Å². The van der Waals surface area contributed by atoms with Crippen molar-refractivity contribution < 1.29 is 57.3 Å². The van der Waals surface area contributed by atoms with Crippen molar-refractivity contribution in [3.05, 3.63) is 0 Å². The molecule has 5 N–H and O–H groups in total. The predicted molar refractivity (Wildman–Crippen MR) is 28.2 cm³/mol. The molecule has 0 spiro atoms. The molecule has 0 radical (unpaired) electrons. The molecule has 0 fully saturated rings. The summed E-state index contributed by atoms with van der Waals surface area (Å²) in [6.07, 6.45) is 0. The zero-order chi connectivity index (χ0) is 6.62. The molecule has 6 heteroatoms. The molecular weight excluding hydrogens is 168 g/mol. The third-order valence-electron chi connectivity index (χ3n) is 0.945. The van der Waals surface area contributed by atoms with E-state index >= 15 is 0 Å². The van der Waals surface area contributed by atoms with Crippen molar-refractivity contribution in [3.63, 3.8) is 0 Å². The van der Waals surface area contributed by atoms with Gasteiger partial charge in [0.05, 0.1) is 25.4 Å². The molecule has 0 amide bonds. The van der Waals surface area contributed by atoms with Crippen LogP contribution < -0.4 is 47.7 Å². The number of aliphatic hydroxyl groups excluding tert-OH is 3. The van der Waals surface area contributed by atoms with Crippen molar-refractivity contribution in [2.75, 3.05) is 19.8 Å². The summed E-state index contributed by atoms with van der Waals surface area (Å²) in [5.74, 6) is 0. The molecule has 0 aromatic carbocycles. The number of hydrogen-bond donors (Lipinski definition) is 4. The number of nitrogens with two attached hydrogens (primary N) is 1. The summed E-state index contributed by atoms with van der Waals surface area (Å²) in [6, 6.07) is 0. The molecule has 0 aliphatic carbocycles. The van der Waals surface area contributed by atoms with Crippen LogP contribution >= 0.6 is 0 Å². The second-order valence-electron chi connectivity index (χ2n) is 1.84. The molecule has 0 saturated carbocycles. The molecule has 0 heterocycles. The number of rotatable bonds is 3. The van der Waals surface area contributed by atoms with Gasteiger partial charge in [-0.05, 0) is 0 Å². The first kappa shape index (κ1) is 17.3. The fourth-order valence-corrected chi connectivity index (χ4v) is 0.150. The van der Waals surface area contributed by atoms with Gasteiger partial charge in [-0.15, -0.1) is 0 Å². The van der Waals surface area contributed by atoms with Crippen LogP contribution in [0, 0.1) is 0 Å². The predicted octanol–water partition coefficient (Wildman–Crippen LogP) is -8.33. The third kappa shape index (κ3) is 5.88. The summed E-state index contributed by atoms with van der Waals surface area (Å²) in [6.45, 7) is -1.21. The summed E-state index contributed by atoms with van der Waals surface area (Å²) in [7, 11) is 0. The van der Waals surface area contributed by atoms with Crippen LogP contribution in [0.5, 0.6) is 0 Å². The van der Waals surface area contributed by atoms with Crippen molar-refractivity contribution >= 4 is 0 Å². The smallest absolute Gasteiger partial charge is 1.00 e. The van der Waals surface area contributed by atoms with Crippen LogP contribution in [0.2, 0.25) is 0 Å². The number of aliphatic hydroxyl groups is 3. The SMILES string of the molecule is NC(CO)(CO)CO.[Cl-].[Na+]. The van der Waals surface area contributed by atoms with Gasteiger partial charge in [-0.3, -0.25) is 0 Å². The van der Waals surface area contributed by atoms with Gasteiger partial charge in [0, 0.05) is 0 Å². The molecule has 0 bridgehead atoms. The normalized spacial score (nSPS) is 9.60. The Morgan fingerprint density at radius 1 is 1.00 bits per heavy atom. The molecule has 0 atom stereocenters. The summed E-state index contributed by atoms with van der Waals surface area (Å²) in [5.41, 5.74) is 3.94. The van der Waals surface area contributed by atoms with Gasteiger partial charge >= 0.3 is 29.6 Å². The van der Waals surface area contributed by atoms with E-state index in [0.29, 0.717) is 0 Å². The van der Waals surface area contributed by atoms with E-state index in [1.54, 1.807) is 0 Å². The van der Waals surface area contributed by atoms with Crippen LogP contribution in [-0.4, -0.2) is 40.7 Å². The van der Waals surface area contributed by atoms with Crippen molar-refractivity contribution in [2.24, 2.45) is 5.73 Å². The first-order chi connectivity index (χ1) is 3.68. The van der Waals surface area contributed by atoms with Crippen molar-refractivity contribution in [1.29, 1.82) is 0 Å². The Labute approximate surface area is 88.1 Å². The van der Waals surface area contributed by atoms with Crippen LogP contribution in [0.25, 0.3) is 0 Å². The van der Waals surface area contributed by atoms with Crippen LogP contribution in [-0.2, 0) is 0 Å². The Bertz CT molecular complexity index is 63.3. The molecular formula is C4H11ClNNaO3. The van der Waals surface area contributed by atoms with Crippen LogP contribution in [0.1, 0.15) is 0 Å². The van der Waals surface area contributed by atoms with Crippen LogP contribution in [0.4, 0.5) is 0 Å². The maximum atomic E-state index is 8.34. The largest absolute Gasteiger partial charge is 1.00 e. The second kappa shape index (κ2) is 8.23. The molecule has 58 valence electrons. The Kier molecular flexibility index (Phi) is 14.2. The van der Waals surface area contributed by atoms with Gasteiger partial charge in [-0.1, -0.05) is 0 Å². The van der Waals surface area contributed by atoms with E-state index in [0.717, 1.165) is 0 Å². The molecule has 0 aliphatic rings. The zero-order valence-corrected chi connectivity index (χ0v) is 8.67. The fraction of sp³-hybridized carbons (Fsp3) is 1.00. The maximum Gasteiger partial charge on any atom is 1.00 e. The van der Waals surface area contributed by atoms with E-state index in [4.69, 9.17) is 21.1 Å². The first-order valence-electron chi connectivity index (χ1n) is 2.30. The third-order valence-corrected chi connectivity index (χ3v) is 0.945. The minimum atomic E-state index is -1.21. The minimum absolute atomic E-state index is 0. The van der Waals surface area contributed by atoms with E-state index in [1.807, 2.05) is 0 Å². The molecule has 10 heavy (non-hydrogen) atoms. The minimum Gasteiger partial charge on any atom is -1.00 e. The van der Waals surface area contributed by atoms with Gasteiger partial charge < -0.3 is 33.5 Å². The Balaban J connectivity index is -0.000000245. The standard InChI is InChI=1S/C4H11NO3.ClH.Na/c5-4(1-6,2-7)3-8;;/h6-8H,1-3,5H2;1H;/q;;+1/p-1. The van der Waals surface area contributed by atoms with Gasteiger partial charge in [-0.25, -0.2) is 0 Å². The topological polar surface area (TPSA) is 86.7 Å². The maximum absolute atomic E-state index is 8.34. The summed E-state index contributed by atoms with van der Waals surface area (Å²) in [5, 5.41) is 25.0. The average molecular weight is 180 g/mol. The van der Waals surface area contributed by atoms with Crippen molar-refractivity contribution in [3.8, 4) is 0 Å². The van der Waals surface area contributed by atoms with Gasteiger partial charge in [0.2, 0.25) is 0 Å². The van der Waals surface area contributed by atoms with E-state index in [9.17, 15) is 0 Å². The summed E-state index contributed by atoms with van der Waals surface area (Å²) < 4.78 is 0. The van der Waals surface area contributed by atoms with Gasteiger partial charge in [0.1, 0.15) is 0 Å². The fourth-order valence-electron chi connectivity index (χ4n) is 0.150. The van der Waals surface area contributed by atoms with Gasteiger partial charge in [0.25, 0.3) is 0 Å². The quantitative estimate of drug-likeness (QED) is 0.324.